The number of hydrogen-bond acceptors (Lipinski definition) is 5. The number of aryl methyl sites for hydroxylation is 2. The molecule has 2 aromatic carbocycles. The third-order valence-corrected chi connectivity index (χ3v) is 5.05. The first-order valence-corrected chi connectivity index (χ1v) is 10.2. The summed E-state index contributed by atoms with van der Waals surface area (Å²) in [5.74, 6) is 1.77. The number of nitrogens with zero attached hydrogens (tertiary/aromatic N) is 3. The predicted octanol–water partition coefficient (Wildman–Crippen LogP) is 2.90. The summed E-state index contributed by atoms with van der Waals surface area (Å²) >= 11 is 0. The smallest absolute Gasteiger partial charge is 0.341 e. The van der Waals surface area contributed by atoms with Gasteiger partial charge in [0.05, 0.1) is 25.3 Å². The number of esters is 1. The summed E-state index contributed by atoms with van der Waals surface area (Å²) in [5, 5.41) is 6.60. The first kappa shape index (κ1) is 22.1. The lowest BCUT2D eigenvalue weighted by molar-refractivity contribution is 0.0597. The van der Waals surface area contributed by atoms with Gasteiger partial charge in [-0.25, -0.2) is 9.78 Å². The van der Waals surface area contributed by atoms with Crippen LogP contribution in [-0.2, 0) is 17.8 Å². The van der Waals surface area contributed by atoms with Crippen LogP contribution in [0.15, 0.2) is 47.5 Å². The van der Waals surface area contributed by atoms with Gasteiger partial charge >= 0.3 is 5.97 Å². The van der Waals surface area contributed by atoms with E-state index in [1.807, 2.05) is 31.2 Å². The van der Waals surface area contributed by atoms with Crippen molar-refractivity contribution >= 4 is 23.0 Å². The van der Waals surface area contributed by atoms with Crippen LogP contribution >= 0.6 is 0 Å². The van der Waals surface area contributed by atoms with Gasteiger partial charge in [0, 0.05) is 26.7 Å². The number of aliphatic imine (C=N–C) groups is 1. The number of nitrogens with one attached hydrogen (secondary N) is 2. The van der Waals surface area contributed by atoms with E-state index >= 15 is 0 Å². The van der Waals surface area contributed by atoms with E-state index in [2.05, 4.69) is 31.2 Å². The maximum atomic E-state index is 12.0. The van der Waals surface area contributed by atoms with Crippen molar-refractivity contribution in [3.63, 3.8) is 0 Å². The molecular formula is C23H29N5O3. The molecule has 0 saturated heterocycles. The van der Waals surface area contributed by atoms with Crippen LogP contribution in [0.1, 0.15) is 28.2 Å². The lowest BCUT2D eigenvalue weighted by Gasteiger charge is -2.14. The summed E-state index contributed by atoms with van der Waals surface area (Å²) in [6.45, 7) is 4.18. The van der Waals surface area contributed by atoms with Gasteiger partial charge in [-0.05, 0) is 43.2 Å². The SMILES string of the molecule is CN=C(NCCCn1c(C)nc2ccccc21)NCc1ccc(OC)c(C(=O)OC)c1. The number of hydrogen-bond donors (Lipinski definition) is 2. The lowest BCUT2D eigenvalue weighted by atomic mass is 10.1. The number of carbonyl (C=O) groups is 1. The van der Waals surface area contributed by atoms with E-state index in [1.54, 1.807) is 19.2 Å². The molecule has 8 nitrogen and oxygen atoms in total. The number of fused-ring (bicyclic) bond motifs is 1. The van der Waals surface area contributed by atoms with E-state index in [4.69, 9.17) is 9.47 Å². The van der Waals surface area contributed by atoms with Gasteiger partial charge in [-0.15, -0.1) is 0 Å². The van der Waals surface area contributed by atoms with Crippen molar-refractivity contribution in [2.24, 2.45) is 4.99 Å². The molecule has 0 aliphatic carbocycles. The summed E-state index contributed by atoms with van der Waals surface area (Å²) in [5.41, 5.74) is 3.50. The van der Waals surface area contributed by atoms with Gasteiger partial charge < -0.3 is 24.7 Å². The predicted molar refractivity (Wildman–Crippen MR) is 122 cm³/mol. The number of carbonyl (C=O) groups excluding carboxylic acids is 1. The molecule has 2 N–H and O–H groups in total. The van der Waals surface area contributed by atoms with Crippen LogP contribution in [0.4, 0.5) is 0 Å². The molecule has 0 aliphatic heterocycles. The minimum Gasteiger partial charge on any atom is -0.496 e. The van der Waals surface area contributed by atoms with Crippen molar-refractivity contribution in [2.75, 3.05) is 27.8 Å². The molecule has 164 valence electrons. The second kappa shape index (κ2) is 10.5. The zero-order chi connectivity index (χ0) is 22.2. The van der Waals surface area contributed by atoms with Gasteiger partial charge in [0.1, 0.15) is 17.1 Å². The molecule has 1 aromatic heterocycles. The fourth-order valence-corrected chi connectivity index (χ4v) is 3.46. The highest BCUT2D eigenvalue weighted by Crippen LogP contribution is 2.20. The van der Waals surface area contributed by atoms with E-state index < -0.39 is 5.97 Å². The highest BCUT2D eigenvalue weighted by Gasteiger charge is 2.13. The summed E-state index contributed by atoms with van der Waals surface area (Å²) < 4.78 is 12.3. The van der Waals surface area contributed by atoms with Gasteiger partial charge in [0.2, 0.25) is 0 Å². The molecule has 0 saturated carbocycles. The monoisotopic (exact) mass is 423 g/mol. The summed E-state index contributed by atoms with van der Waals surface area (Å²) in [4.78, 5) is 20.8. The molecule has 0 fully saturated rings. The van der Waals surface area contributed by atoms with Crippen molar-refractivity contribution < 1.29 is 14.3 Å². The Morgan fingerprint density at radius 1 is 1.16 bits per heavy atom. The molecule has 3 rings (SSSR count). The molecule has 0 radical (unpaired) electrons. The average molecular weight is 424 g/mol. The molecule has 0 amide bonds. The Morgan fingerprint density at radius 3 is 2.71 bits per heavy atom. The Labute approximate surface area is 182 Å². The van der Waals surface area contributed by atoms with Crippen molar-refractivity contribution in [3.8, 4) is 5.75 Å². The second-order valence-corrected chi connectivity index (χ2v) is 7.03. The molecule has 3 aromatic rings. The minimum absolute atomic E-state index is 0.398. The third-order valence-electron chi connectivity index (χ3n) is 5.05. The Balaban J connectivity index is 1.52. The highest BCUT2D eigenvalue weighted by atomic mass is 16.5. The number of methoxy groups -OCH3 is 2. The number of rotatable bonds is 8. The topological polar surface area (TPSA) is 89.8 Å². The van der Waals surface area contributed by atoms with Crippen LogP contribution in [0.5, 0.6) is 5.75 Å². The van der Waals surface area contributed by atoms with Crippen molar-refractivity contribution in [2.45, 2.75) is 26.4 Å². The average Bonchev–Trinajstić information content (AvgIpc) is 3.12. The zero-order valence-corrected chi connectivity index (χ0v) is 18.4. The summed E-state index contributed by atoms with van der Waals surface area (Å²) in [6, 6.07) is 13.6. The van der Waals surface area contributed by atoms with Crippen LogP contribution in [-0.4, -0.2) is 49.3 Å². The van der Waals surface area contributed by atoms with Crippen LogP contribution < -0.4 is 15.4 Å². The Kier molecular flexibility index (Phi) is 7.48. The van der Waals surface area contributed by atoms with Crippen LogP contribution in [0.25, 0.3) is 11.0 Å². The Bertz CT molecular complexity index is 1070. The molecule has 0 atom stereocenters. The van der Waals surface area contributed by atoms with Crippen molar-refractivity contribution in [1.29, 1.82) is 0 Å². The van der Waals surface area contributed by atoms with Gasteiger partial charge in [0.15, 0.2) is 5.96 Å². The third kappa shape index (κ3) is 5.33. The fraction of sp³-hybridized carbons (Fsp3) is 0.348. The number of ether oxygens (including phenoxy) is 2. The molecular weight excluding hydrogens is 394 g/mol. The van der Waals surface area contributed by atoms with Crippen LogP contribution in [0.3, 0.4) is 0 Å². The highest BCUT2D eigenvalue weighted by molar-refractivity contribution is 5.92. The molecule has 0 unspecified atom stereocenters. The first-order chi connectivity index (χ1) is 15.1. The fourth-order valence-electron chi connectivity index (χ4n) is 3.46. The molecule has 0 aliphatic rings. The number of guanidine groups is 1. The van der Waals surface area contributed by atoms with E-state index in [0.29, 0.717) is 23.8 Å². The molecule has 8 heteroatoms. The second-order valence-electron chi connectivity index (χ2n) is 7.03. The number of imidazole rings is 1. The van der Waals surface area contributed by atoms with E-state index in [0.717, 1.165) is 41.9 Å². The Morgan fingerprint density at radius 2 is 1.97 bits per heavy atom. The van der Waals surface area contributed by atoms with Crippen LogP contribution in [0, 0.1) is 6.92 Å². The van der Waals surface area contributed by atoms with Gasteiger partial charge in [0.25, 0.3) is 0 Å². The van der Waals surface area contributed by atoms with E-state index in [9.17, 15) is 4.79 Å². The minimum atomic E-state index is -0.427. The number of aromatic nitrogens is 2. The summed E-state index contributed by atoms with van der Waals surface area (Å²) in [7, 11) is 4.61. The standard InChI is InChI=1S/C23H29N5O3/c1-16-27-19-8-5-6-9-20(19)28(16)13-7-12-25-23(24-2)26-15-17-10-11-21(30-3)18(14-17)22(29)31-4/h5-6,8-11,14H,7,12-13,15H2,1-4H3,(H2,24,25,26). The quantitative estimate of drug-likeness (QED) is 0.251. The van der Waals surface area contributed by atoms with Crippen LogP contribution in [0.2, 0.25) is 0 Å². The first-order valence-electron chi connectivity index (χ1n) is 10.2. The molecule has 31 heavy (non-hydrogen) atoms. The zero-order valence-electron chi connectivity index (χ0n) is 18.4. The lowest BCUT2D eigenvalue weighted by Crippen LogP contribution is -2.37. The van der Waals surface area contributed by atoms with Gasteiger partial charge in [-0.2, -0.15) is 0 Å². The molecule has 0 bridgehead atoms. The van der Waals surface area contributed by atoms with Crippen molar-refractivity contribution in [1.82, 2.24) is 20.2 Å². The van der Waals surface area contributed by atoms with Crippen molar-refractivity contribution in [3.05, 3.63) is 59.4 Å². The number of para-hydroxylation sites is 2. The largest absolute Gasteiger partial charge is 0.496 e. The number of benzene rings is 2. The maximum Gasteiger partial charge on any atom is 0.341 e. The van der Waals surface area contributed by atoms with Gasteiger partial charge in [-0.3, -0.25) is 4.99 Å². The van der Waals surface area contributed by atoms with E-state index in [-0.39, 0.29) is 0 Å². The van der Waals surface area contributed by atoms with E-state index in [1.165, 1.54) is 14.2 Å². The van der Waals surface area contributed by atoms with Gasteiger partial charge in [-0.1, -0.05) is 18.2 Å². The normalized spacial score (nSPS) is 11.4. The summed E-state index contributed by atoms with van der Waals surface area (Å²) in [6.07, 6.45) is 0.927. The maximum absolute atomic E-state index is 12.0. The molecule has 0 spiro atoms. The Hall–Kier alpha value is -3.55. The molecule has 1 heterocycles.